The zero-order valence-corrected chi connectivity index (χ0v) is 4.05. The van der Waals surface area contributed by atoms with E-state index in [1.807, 2.05) is 0 Å². The van der Waals surface area contributed by atoms with Gasteiger partial charge in [0.15, 0.2) is 0 Å². The van der Waals surface area contributed by atoms with Gasteiger partial charge >= 0.3 is 0 Å². The van der Waals surface area contributed by atoms with Gasteiger partial charge in [0.25, 0.3) is 0 Å². The number of hydrogen-bond acceptors (Lipinski definition) is 3. The Kier molecular flexibility index (Phi) is 2.57. The molecule has 0 bridgehead atoms. The van der Waals surface area contributed by atoms with Crippen molar-refractivity contribution in [3.05, 3.63) is 6.42 Å². The van der Waals surface area contributed by atoms with Gasteiger partial charge in [-0.1, -0.05) is 0 Å². The smallest absolute Gasteiger partial charge is 0.247 e. The van der Waals surface area contributed by atoms with Crippen molar-refractivity contribution >= 4 is 11.8 Å². The maximum Gasteiger partial charge on any atom is 0.247 e. The van der Waals surface area contributed by atoms with E-state index < -0.39 is 11.8 Å². The standard InChI is InChI=1S/C3H6N3O2/c4-2(7)1-3(8)6-5/h1H,5H2,(H2,4,7)(H,6,8). The lowest BCUT2D eigenvalue weighted by atomic mass is 10.4. The number of hydrazine groups is 1. The lowest BCUT2D eigenvalue weighted by molar-refractivity contribution is -0.122. The van der Waals surface area contributed by atoms with Gasteiger partial charge in [0.2, 0.25) is 11.8 Å². The number of primary amides is 1. The average molecular weight is 116 g/mol. The third-order valence-electron chi connectivity index (χ3n) is 0.416. The summed E-state index contributed by atoms with van der Waals surface area (Å²) in [6.45, 7) is 0. The van der Waals surface area contributed by atoms with Gasteiger partial charge < -0.3 is 5.73 Å². The van der Waals surface area contributed by atoms with Crippen LogP contribution in [0.4, 0.5) is 0 Å². The minimum Gasteiger partial charge on any atom is -0.369 e. The molecular weight excluding hydrogens is 110 g/mol. The van der Waals surface area contributed by atoms with E-state index in [1.54, 1.807) is 5.43 Å². The molecule has 5 heteroatoms. The SMILES string of the molecule is NNC(=O)[CH]C(N)=O. The third kappa shape index (κ3) is 3.10. The molecule has 0 aromatic heterocycles. The van der Waals surface area contributed by atoms with E-state index in [0.29, 0.717) is 6.42 Å². The molecule has 0 saturated heterocycles. The second-order valence-corrected chi connectivity index (χ2v) is 1.06. The van der Waals surface area contributed by atoms with Crippen LogP contribution in [0.15, 0.2) is 0 Å². The van der Waals surface area contributed by atoms with Gasteiger partial charge in [0.1, 0.15) is 6.42 Å². The van der Waals surface area contributed by atoms with E-state index in [9.17, 15) is 9.59 Å². The molecule has 0 aliphatic carbocycles. The Hall–Kier alpha value is -1.10. The molecule has 0 aromatic rings. The quantitative estimate of drug-likeness (QED) is 0.163. The summed E-state index contributed by atoms with van der Waals surface area (Å²) < 4.78 is 0. The predicted molar refractivity (Wildman–Crippen MR) is 25.8 cm³/mol. The van der Waals surface area contributed by atoms with Crippen LogP contribution in [-0.4, -0.2) is 11.8 Å². The van der Waals surface area contributed by atoms with Crippen LogP contribution in [0.5, 0.6) is 0 Å². The Labute approximate surface area is 46.0 Å². The molecule has 45 valence electrons. The van der Waals surface area contributed by atoms with E-state index in [0.717, 1.165) is 0 Å². The van der Waals surface area contributed by atoms with Crippen molar-refractivity contribution in [2.45, 2.75) is 0 Å². The molecule has 0 unspecified atom stereocenters. The molecule has 0 spiro atoms. The first-order valence-corrected chi connectivity index (χ1v) is 1.81. The molecule has 0 heterocycles. The van der Waals surface area contributed by atoms with Crippen molar-refractivity contribution in [2.75, 3.05) is 0 Å². The molecular formula is C3H6N3O2. The maximum atomic E-state index is 10.0. The van der Waals surface area contributed by atoms with E-state index in [1.165, 1.54) is 0 Å². The van der Waals surface area contributed by atoms with Gasteiger partial charge in [-0.25, -0.2) is 5.84 Å². The second kappa shape index (κ2) is 2.98. The second-order valence-electron chi connectivity index (χ2n) is 1.06. The number of nitrogens with two attached hydrogens (primary N) is 2. The van der Waals surface area contributed by atoms with Crippen LogP contribution in [0, 0.1) is 6.42 Å². The zero-order chi connectivity index (χ0) is 6.57. The molecule has 5 N–H and O–H groups in total. The highest BCUT2D eigenvalue weighted by Gasteiger charge is 2.01. The normalized spacial score (nSPS) is 8.12. The fourth-order valence-corrected chi connectivity index (χ4v) is 0.171. The number of nitrogens with one attached hydrogen (secondary N) is 1. The molecule has 0 aliphatic heterocycles. The fraction of sp³-hybridized carbons (Fsp3) is 0. The number of rotatable bonds is 2. The number of carbonyl (C=O) groups is 2. The van der Waals surface area contributed by atoms with Gasteiger partial charge in [-0.05, 0) is 0 Å². The lowest BCUT2D eigenvalue weighted by Gasteiger charge is -1.90. The summed E-state index contributed by atoms with van der Waals surface area (Å²) in [5.41, 5.74) is 6.26. The summed E-state index contributed by atoms with van der Waals surface area (Å²) in [7, 11) is 0. The van der Waals surface area contributed by atoms with Gasteiger partial charge in [0, 0.05) is 0 Å². The van der Waals surface area contributed by atoms with Crippen molar-refractivity contribution in [1.29, 1.82) is 0 Å². The summed E-state index contributed by atoms with van der Waals surface area (Å²) in [4.78, 5) is 19.8. The van der Waals surface area contributed by atoms with Crippen molar-refractivity contribution < 1.29 is 9.59 Å². The van der Waals surface area contributed by atoms with E-state index in [-0.39, 0.29) is 0 Å². The molecule has 0 saturated carbocycles. The highest BCUT2D eigenvalue weighted by atomic mass is 16.2. The highest BCUT2D eigenvalue weighted by molar-refractivity contribution is 6.07. The first-order chi connectivity index (χ1) is 3.66. The fourth-order valence-electron chi connectivity index (χ4n) is 0.171. The summed E-state index contributed by atoms with van der Waals surface area (Å²) in [5.74, 6) is 3.07. The summed E-state index contributed by atoms with van der Waals surface area (Å²) in [5, 5.41) is 0. The van der Waals surface area contributed by atoms with E-state index >= 15 is 0 Å². The Bertz CT molecular complexity index is 111. The molecule has 0 atom stereocenters. The molecule has 0 aromatic carbocycles. The monoisotopic (exact) mass is 116 g/mol. The third-order valence-corrected chi connectivity index (χ3v) is 0.416. The van der Waals surface area contributed by atoms with Crippen molar-refractivity contribution in [2.24, 2.45) is 11.6 Å². The molecule has 0 aliphatic rings. The molecule has 8 heavy (non-hydrogen) atoms. The largest absolute Gasteiger partial charge is 0.369 e. The van der Waals surface area contributed by atoms with Gasteiger partial charge in [-0.15, -0.1) is 0 Å². The Morgan fingerprint density at radius 3 is 2.12 bits per heavy atom. The molecule has 0 fully saturated rings. The maximum absolute atomic E-state index is 10.0. The average Bonchev–Trinajstić information content (AvgIpc) is 1.65. The molecule has 2 amide bonds. The van der Waals surface area contributed by atoms with E-state index in [4.69, 9.17) is 0 Å². The first kappa shape index (κ1) is 6.90. The van der Waals surface area contributed by atoms with Gasteiger partial charge in [-0.2, -0.15) is 0 Å². The lowest BCUT2D eigenvalue weighted by Crippen LogP contribution is -2.33. The van der Waals surface area contributed by atoms with Crippen LogP contribution in [-0.2, 0) is 9.59 Å². The summed E-state index contributed by atoms with van der Waals surface area (Å²) in [6, 6.07) is 0. The van der Waals surface area contributed by atoms with Crippen molar-refractivity contribution in [1.82, 2.24) is 5.43 Å². The topological polar surface area (TPSA) is 98.2 Å². The van der Waals surface area contributed by atoms with Crippen LogP contribution < -0.4 is 17.0 Å². The first-order valence-electron chi connectivity index (χ1n) is 1.81. The van der Waals surface area contributed by atoms with Crippen molar-refractivity contribution in [3.8, 4) is 0 Å². The van der Waals surface area contributed by atoms with Gasteiger partial charge in [0.05, 0.1) is 0 Å². The van der Waals surface area contributed by atoms with Crippen LogP contribution in [0.25, 0.3) is 0 Å². The minimum absolute atomic E-state index is 0.653. The highest BCUT2D eigenvalue weighted by Crippen LogP contribution is 1.68. The van der Waals surface area contributed by atoms with Crippen LogP contribution in [0.1, 0.15) is 0 Å². The number of hydrogen-bond donors (Lipinski definition) is 3. The Morgan fingerprint density at radius 2 is 2.00 bits per heavy atom. The minimum atomic E-state index is -0.812. The molecule has 0 rings (SSSR count). The zero-order valence-electron chi connectivity index (χ0n) is 4.05. The summed E-state index contributed by atoms with van der Waals surface area (Å²) in [6.07, 6.45) is 0.653. The molecule has 1 radical (unpaired) electrons. The predicted octanol–water partition coefficient (Wildman–Crippen LogP) is -2.33. The van der Waals surface area contributed by atoms with E-state index in [2.05, 4.69) is 11.6 Å². The molecule has 5 nitrogen and oxygen atoms in total. The van der Waals surface area contributed by atoms with Crippen LogP contribution >= 0.6 is 0 Å². The van der Waals surface area contributed by atoms with Crippen molar-refractivity contribution in [3.63, 3.8) is 0 Å². The Morgan fingerprint density at radius 1 is 1.50 bits per heavy atom. The van der Waals surface area contributed by atoms with Crippen LogP contribution in [0.3, 0.4) is 0 Å². The Balaban J connectivity index is 3.40. The number of carbonyl (C=O) groups excluding carboxylic acids is 2. The van der Waals surface area contributed by atoms with Crippen LogP contribution in [0.2, 0.25) is 0 Å². The number of amides is 2. The van der Waals surface area contributed by atoms with Gasteiger partial charge in [-0.3, -0.25) is 15.0 Å². The summed E-state index contributed by atoms with van der Waals surface area (Å²) >= 11 is 0.